The van der Waals surface area contributed by atoms with Crippen LogP contribution in [0.4, 0.5) is 11.5 Å². The fourth-order valence-corrected chi connectivity index (χ4v) is 2.96. The molecule has 7 heteroatoms. The van der Waals surface area contributed by atoms with Crippen LogP contribution in [0.1, 0.15) is 6.42 Å². The predicted molar refractivity (Wildman–Crippen MR) is 94.3 cm³/mol. The van der Waals surface area contributed by atoms with Crippen molar-refractivity contribution in [2.75, 3.05) is 16.8 Å². The molecule has 2 aromatic heterocycles. The van der Waals surface area contributed by atoms with Gasteiger partial charge in [-0.25, -0.2) is 4.98 Å². The minimum atomic E-state index is -0.322. The van der Waals surface area contributed by atoms with Crippen LogP contribution in [0.2, 0.25) is 0 Å². The van der Waals surface area contributed by atoms with Crippen LogP contribution in [-0.4, -0.2) is 38.8 Å². The molecule has 1 aliphatic heterocycles. The molecule has 0 radical (unpaired) electrons. The van der Waals surface area contributed by atoms with E-state index < -0.39 is 0 Å². The number of nitrogens with one attached hydrogen (secondary N) is 2. The van der Waals surface area contributed by atoms with Crippen LogP contribution in [0.5, 0.6) is 5.75 Å². The van der Waals surface area contributed by atoms with Gasteiger partial charge in [-0.05, 0) is 30.7 Å². The maximum absolute atomic E-state index is 12.7. The molecular formula is C18H17N5O2. The standard InChI is InChI=1S/C18H17N5O2/c24-15-3-1-2-14(8-15)22-16-6-7-23(18(16)25)17-5-4-12(9-19-17)13-10-20-21-11-13/h1-5,8-11,16,22,24H,6-7H2,(H,20,21). The Kier molecular flexibility index (Phi) is 3.81. The molecule has 1 aromatic carbocycles. The van der Waals surface area contributed by atoms with E-state index in [0.717, 1.165) is 16.8 Å². The molecule has 3 aromatic rings. The van der Waals surface area contributed by atoms with Gasteiger partial charge in [0, 0.05) is 41.8 Å². The van der Waals surface area contributed by atoms with Gasteiger partial charge in [-0.15, -0.1) is 0 Å². The minimum absolute atomic E-state index is 0.0214. The number of hydrogen-bond donors (Lipinski definition) is 3. The molecule has 1 saturated heterocycles. The summed E-state index contributed by atoms with van der Waals surface area (Å²) in [5.41, 5.74) is 2.62. The van der Waals surface area contributed by atoms with Gasteiger partial charge >= 0.3 is 0 Å². The number of hydrogen-bond acceptors (Lipinski definition) is 5. The molecule has 0 spiro atoms. The summed E-state index contributed by atoms with van der Waals surface area (Å²) < 4.78 is 0. The first-order valence-electron chi connectivity index (χ1n) is 8.03. The number of pyridine rings is 1. The van der Waals surface area contributed by atoms with Crippen molar-refractivity contribution in [1.29, 1.82) is 0 Å². The predicted octanol–water partition coefficient (Wildman–Crippen LogP) is 2.39. The van der Waals surface area contributed by atoms with Crippen molar-refractivity contribution in [2.45, 2.75) is 12.5 Å². The first-order valence-corrected chi connectivity index (χ1v) is 8.03. The first-order chi connectivity index (χ1) is 12.2. The Morgan fingerprint density at radius 2 is 2.12 bits per heavy atom. The molecule has 1 atom stereocenters. The summed E-state index contributed by atoms with van der Waals surface area (Å²) in [5.74, 6) is 0.785. The highest BCUT2D eigenvalue weighted by Gasteiger charge is 2.33. The average molecular weight is 335 g/mol. The molecule has 1 unspecified atom stereocenters. The maximum atomic E-state index is 12.7. The lowest BCUT2D eigenvalue weighted by atomic mass is 10.2. The number of phenols is 1. The number of benzene rings is 1. The zero-order chi connectivity index (χ0) is 17.2. The van der Waals surface area contributed by atoms with Gasteiger partial charge in [-0.3, -0.25) is 14.8 Å². The van der Waals surface area contributed by atoms with Crippen molar-refractivity contribution >= 4 is 17.4 Å². The number of phenolic OH excluding ortho intramolecular Hbond substituents is 1. The van der Waals surface area contributed by atoms with Gasteiger partial charge in [0.25, 0.3) is 5.91 Å². The van der Waals surface area contributed by atoms with Crippen molar-refractivity contribution in [1.82, 2.24) is 15.2 Å². The Morgan fingerprint density at radius 1 is 1.20 bits per heavy atom. The third kappa shape index (κ3) is 3.03. The quantitative estimate of drug-likeness (QED) is 0.680. The van der Waals surface area contributed by atoms with Crippen LogP contribution in [0.3, 0.4) is 0 Å². The average Bonchev–Trinajstić information content (AvgIpc) is 3.27. The smallest absolute Gasteiger partial charge is 0.250 e. The SMILES string of the molecule is O=C1C(Nc2cccc(O)c2)CCN1c1ccc(-c2cn[nH]c2)cn1. The number of amides is 1. The number of aromatic hydroxyl groups is 1. The molecule has 126 valence electrons. The second-order valence-electron chi connectivity index (χ2n) is 5.92. The summed E-state index contributed by atoms with van der Waals surface area (Å²) in [4.78, 5) is 18.8. The highest BCUT2D eigenvalue weighted by molar-refractivity contribution is 6.00. The molecule has 0 saturated carbocycles. The number of carbonyl (C=O) groups is 1. The maximum Gasteiger partial charge on any atom is 0.250 e. The summed E-state index contributed by atoms with van der Waals surface area (Å²) in [5, 5.41) is 19.4. The third-order valence-electron chi connectivity index (χ3n) is 4.25. The fraction of sp³-hybridized carbons (Fsp3) is 0.167. The molecule has 25 heavy (non-hydrogen) atoms. The highest BCUT2D eigenvalue weighted by atomic mass is 16.3. The zero-order valence-electron chi connectivity index (χ0n) is 13.4. The summed E-state index contributed by atoms with van der Waals surface area (Å²) in [6.45, 7) is 0.605. The fourth-order valence-electron chi connectivity index (χ4n) is 2.96. The van der Waals surface area contributed by atoms with Gasteiger partial charge in [0.1, 0.15) is 17.6 Å². The minimum Gasteiger partial charge on any atom is -0.508 e. The summed E-state index contributed by atoms with van der Waals surface area (Å²) in [6, 6.07) is 10.2. The molecule has 3 heterocycles. The van der Waals surface area contributed by atoms with Gasteiger partial charge < -0.3 is 10.4 Å². The normalized spacial score (nSPS) is 17.0. The largest absolute Gasteiger partial charge is 0.508 e. The van der Waals surface area contributed by atoms with Crippen LogP contribution in [0.15, 0.2) is 55.0 Å². The summed E-state index contributed by atoms with van der Waals surface area (Å²) in [7, 11) is 0. The lowest BCUT2D eigenvalue weighted by Gasteiger charge is -2.17. The molecule has 7 nitrogen and oxygen atoms in total. The number of H-pyrrole nitrogens is 1. The van der Waals surface area contributed by atoms with Gasteiger partial charge in [-0.1, -0.05) is 6.07 Å². The molecule has 0 bridgehead atoms. The van der Waals surface area contributed by atoms with E-state index in [0.29, 0.717) is 18.8 Å². The molecular weight excluding hydrogens is 318 g/mol. The van der Waals surface area contributed by atoms with Crippen molar-refractivity contribution in [3.05, 3.63) is 55.0 Å². The molecule has 1 aliphatic rings. The monoisotopic (exact) mass is 335 g/mol. The number of anilines is 2. The Morgan fingerprint density at radius 3 is 2.84 bits per heavy atom. The second kappa shape index (κ2) is 6.27. The van der Waals surface area contributed by atoms with Crippen molar-refractivity contribution in [3.8, 4) is 16.9 Å². The third-order valence-corrected chi connectivity index (χ3v) is 4.25. The molecule has 4 rings (SSSR count). The van der Waals surface area contributed by atoms with Crippen LogP contribution in [0.25, 0.3) is 11.1 Å². The number of nitrogens with zero attached hydrogens (tertiary/aromatic N) is 3. The Bertz CT molecular complexity index is 877. The number of rotatable bonds is 4. The van der Waals surface area contributed by atoms with Crippen LogP contribution in [0, 0.1) is 0 Å². The van der Waals surface area contributed by atoms with Gasteiger partial charge in [0.05, 0.1) is 6.20 Å². The van der Waals surface area contributed by atoms with E-state index in [9.17, 15) is 9.90 Å². The van der Waals surface area contributed by atoms with E-state index in [1.165, 1.54) is 0 Å². The van der Waals surface area contributed by atoms with E-state index in [-0.39, 0.29) is 17.7 Å². The Labute approximate surface area is 144 Å². The van der Waals surface area contributed by atoms with E-state index in [2.05, 4.69) is 20.5 Å². The summed E-state index contributed by atoms with van der Waals surface area (Å²) in [6.07, 6.45) is 5.95. The van der Waals surface area contributed by atoms with Gasteiger partial charge in [0.2, 0.25) is 0 Å². The second-order valence-corrected chi connectivity index (χ2v) is 5.92. The van der Waals surface area contributed by atoms with Gasteiger partial charge in [-0.2, -0.15) is 5.10 Å². The summed E-state index contributed by atoms with van der Waals surface area (Å²) >= 11 is 0. The Hall–Kier alpha value is -3.35. The highest BCUT2D eigenvalue weighted by Crippen LogP contribution is 2.25. The number of carbonyl (C=O) groups excluding carboxylic acids is 1. The lowest BCUT2D eigenvalue weighted by molar-refractivity contribution is -0.117. The van der Waals surface area contributed by atoms with Crippen LogP contribution >= 0.6 is 0 Å². The van der Waals surface area contributed by atoms with E-state index in [1.54, 1.807) is 41.7 Å². The number of aromatic amines is 1. The topological polar surface area (TPSA) is 94.1 Å². The van der Waals surface area contributed by atoms with E-state index in [1.807, 2.05) is 18.2 Å². The van der Waals surface area contributed by atoms with Crippen LogP contribution < -0.4 is 10.2 Å². The molecule has 0 aliphatic carbocycles. The van der Waals surface area contributed by atoms with Crippen molar-refractivity contribution in [3.63, 3.8) is 0 Å². The van der Waals surface area contributed by atoms with Crippen LogP contribution in [-0.2, 0) is 4.79 Å². The first kappa shape index (κ1) is 15.2. The van der Waals surface area contributed by atoms with Gasteiger partial charge in [0.15, 0.2) is 0 Å². The zero-order valence-corrected chi connectivity index (χ0v) is 13.4. The molecule has 1 fully saturated rings. The lowest BCUT2D eigenvalue weighted by Crippen LogP contribution is -2.33. The molecule has 1 amide bonds. The van der Waals surface area contributed by atoms with E-state index in [4.69, 9.17) is 0 Å². The number of aromatic nitrogens is 3. The molecule has 3 N–H and O–H groups in total. The Balaban J connectivity index is 1.48. The van der Waals surface area contributed by atoms with E-state index >= 15 is 0 Å². The van der Waals surface area contributed by atoms with Crippen molar-refractivity contribution in [2.24, 2.45) is 0 Å². The van der Waals surface area contributed by atoms with Crippen molar-refractivity contribution < 1.29 is 9.90 Å².